The van der Waals surface area contributed by atoms with Crippen LogP contribution in [0.15, 0.2) is 23.3 Å². The Hall–Kier alpha value is -0.440. The Kier molecular flexibility index (Phi) is 1.97. The first kappa shape index (κ1) is 5.69. The van der Waals surface area contributed by atoms with Gasteiger partial charge in [0.15, 0.2) is 0 Å². The molecule has 1 nitrogen and oxygen atoms in total. The molecule has 1 aliphatic rings. The van der Waals surface area contributed by atoms with Crippen LogP contribution in [0.3, 0.4) is 0 Å². The third-order valence-electron chi connectivity index (χ3n) is 0.778. The molecule has 1 N–H and O–H groups in total. The third-order valence-corrected chi connectivity index (χ3v) is 1.45. The van der Waals surface area contributed by atoms with Crippen molar-refractivity contribution in [1.29, 1.82) is 0 Å². The molecular formula is C5H6FNS. The van der Waals surface area contributed by atoms with E-state index in [1.54, 1.807) is 6.08 Å². The fourth-order valence-electron chi connectivity index (χ4n) is 0.410. The van der Waals surface area contributed by atoms with Crippen molar-refractivity contribution in [1.82, 2.24) is 4.72 Å². The Morgan fingerprint density at radius 1 is 1.75 bits per heavy atom. The minimum absolute atomic E-state index is 0.405. The Bertz CT molecular complexity index is 130. The zero-order valence-corrected chi connectivity index (χ0v) is 5.04. The van der Waals surface area contributed by atoms with Crippen LogP contribution in [-0.4, -0.2) is 6.67 Å². The van der Waals surface area contributed by atoms with Crippen LogP contribution in [0.25, 0.3) is 0 Å². The first-order valence-electron chi connectivity index (χ1n) is 2.27. The van der Waals surface area contributed by atoms with Gasteiger partial charge in [0.2, 0.25) is 0 Å². The molecule has 0 amide bonds. The maximum atomic E-state index is 11.7. The maximum absolute atomic E-state index is 11.7. The van der Waals surface area contributed by atoms with E-state index < -0.39 is 6.67 Å². The van der Waals surface area contributed by atoms with Gasteiger partial charge in [-0.1, -0.05) is 6.08 Å². The van der Waals surface area contributed by atoms with Gasteiger partial charge in [0.25, 0.3) is 0 Å². The van der Waals surface area contributed by atoms with Gasteiger partial charge in [0.1, 0.15) is 6.67 Å². The van der Waals surface area contributed by atoms with E-state index in [0.29, 0.717) is 5.70 Å². The van der Waals surface area contributed by atoms with Crippen LogP contribution in [-0.2, 0) is 0 Å². The van der Waals surface area contributed by atoms with Gasteiger partial charge in [-0.3, -0.25) is 0 Å². The molecule has 0 saturated heterocycles. The summed E-state index contributed by atoms with van der Waals surface area (Å²) in [7, 11) is 0. The fourth-order valence-corrected chi connectivity index (χ4v) is 0.909. The van der Waals surface area contributed by atoms with Gasteiger partial charge in [-0.05, 0) is 23.4 Å². The SMILES string of the molecule is FCC1=CC=CSN1. The molecule has 0 spiro atoms. The summed E-state index contributed by atoms with van der Waals surface area (Å²) in [6, 6.07) is 0. The van der Waals surface area contributed by atoms with Crippen LogP contribution >= 0.6 is 11.9 Å². The van der Waals surface area contributed by atoms with Gasteiger partial charge in [-0.15, -0.1) is 0 Å². The van der Waals surface area contributed by atoms with E-state index in [-0.39, 0.29) is 0 Å². The quantitative estimate of drug-likeness (QED) is 0.542. The van der Waals surface area contributed by atoms with Crippen molar-refractivity contribution in [3.63, 3.8) is 0 Å². The molecule has 8 heavy (non-hydrogen) atoms. The highest BCUT2D eigenvalue weighted by Crippen LogP contribution is 2.07. The predicted molar refractivity (Wildman–Crippen MR) is 33.9 cm³/mol. The van der Waals surface area contributed by atoms with E-state index in [1.165, 1.54) is 11.9 Å². The lowest BCUT2D eigenvalue weighted by atomic mass is 10.4. The minimum Gasteiger partial charge on any atom is -0.327 e. The van der Waals surface area contributed by atoms with Crippen LogP contribution in [0, 0.1) is 0 Å². The van der Waals surface area contributed by atoms with Crippen LogP contribution in [0.4, 0.5) is 4.39 Å². The third kappa shape index (κ3) is 1.26. The lowest BCUT2D eigenvalue weighted by Gasteiger charge is -2.04. The summed E-state index contributed by atoms with van der Waals surface area (Å²) in [5, 5.41) is 1.86. The van der Waals surface area contributed by atoms with Gasteiger partial charge in [0, 0.05) is 0 Å². The van der Waals surface area contributed by atoms with Crippen molar-refractivity contribution in [3.8, 4) is 0 Å². The van der Waals surface area contributed by atoms with Crippen LogP contribution in [0.1, 0.15) is 0 Å². The average Bonchev–Trinajstić information content (AvgIpc) is 1.90. The predicted octanol–water partition coefficient (Wildman–Crippen LogP) is 1.60. The van der Waals surface area contributed by atoms with Crippen molar-refractivity contribution < 1.29 is 4.39 Å². The molecule has 0 bridgehead atoms. The maximum Gasteiger partial charge on any atom is 0.130 e. The van der Waals surface area contributed by atoms with E-state index in [4.69, 9.17) is 0 Å². The number of hydrogen-bond donors (Lipinski definition) is 1. The highest BCUT2D eigenvalue weighted by molar-refractivity contribution is 8.00. The van der Waals surface area contributed by atoms with Gasteiger partial charge in [-0.25, -0.2) is 4.39 Å². The van der Waals surface area contributed by atoms with E-state index in [0.717, 1.165) is 0 Å². The van der Waals surface area contributed by atoms with Crippen molar-refractivity contribution >= 4 is 11.9 Å². The fraction of sp³-hybridized carbons (Fsp3) is 0.200. The molecule has 0 unspecified atom stereocenters. The van der Waals surface area contributed by atoms with E-state index in [9.17, 15) is 4.39 Å². The summed E-state index contributed by atoms with van der Waals surface area (Å²) in [6.45, 7) is -0.405. The van der Waals surface area contributed by atoms with Gasteiger partial charge in [-0.2, -0.15) is 0 Å². The molecule has 1 aliphatic heterocycles. The van der Waals surface area contributed by atoms with Crippen molar-refractivity contribution in [2.75, 3.05) is 6.67 Å². The largest absolute Gasteiger partial charge is 0.327 e. The Labute approximate surface area is 51.8 Å². The van der Waals surface area contributed by atoms with Crippen molar-refractivity contribution in [2.45, 2.75) is 0 Å². The highest BCUT2D eigenvalue weighted by Gasteiger charge is 1.94. The lowest BCUT2D eigenvalue weighted by Crippen LogP contribution is -2.05. The molecule has 0 saturated carbocycles. The zero-order valence-electron chi connectivity index (χ0n) is 4.23. The second kappa shape index (κ2) is 2.77. The summed E-state index contributed by atoms with van der Waals surface area (Å²) >= 11 is 1.39. The molecule has 0 aromatic heterocycles. The van der Waals surface area contributed by atoms with E-state index in [2.05, 4.69) is 4.72 Å². The smallest absolute Gasteiger partial charge is 0.130 e. The van der Waals surface area contributed by atoms with Gasteiger partial charge in [0.05, 0.1) is 5.70 Å². The molecule has 1 heterocycles. The van der Waals surface area contributed by atoms with Crippen molar-refractivity contribution in [2.24, 2.45) is 0 Å². The lowest BCUT2D eigenvalue weighted by molar-refractivity contribution is 0.535. The first-order chi connectivity index (χ1) is 3.93. The number of allylic oxidation sites excluding steroid dienone is 3. The molecule has 0 aliphatic carbocycles. The van der Waals surface area contributed by atoms with E-state index in [1.807, 2.05) is 11.5 Å². The number of halogens is 1. The second-order valence-electron chi connectivity index (χ2n) is 1.37. The van der Waals surface area contributed by atoms with Crippen molar-refractivity contribution in [3.05, 3.63) is 23.3 Å². The summed E-state index contributed by atoms with van der Waals surface area (Å²) in [5.74, 6) is 0. The topological polar surface area (TPSA) is 12.0 Å². The molecular weight excluding hydrogens is 125 g/mol. The number of hydrogen-bond acceptors (Lipinski definition) is 2. The second-order valence-corrected chi connectivity index (χ2v) is 2.09. The molecule has 44 valence electrons. The molecule has 0 aromatic carbocycles. The van der Waals surface area contributed by atoms with Crippen LogP contribution in [0.2, 0.25) is 0 Å². The highest BCUT2D eigenvalue weighted by atomic mass is 32.2. The minimum atomic E-state index is -0.405. The molecule has 0 atom stereocenters. The molecule has 3 heteroatoms. The number of rotatable bonds is 1. The zero-order chi connectivity index (χ0) is 5.82. The normalized spacial score (nSPS) is 17.4. The van der Waals surface area contributed by atoms with Crippen LogP contribution in [0.5, 0.6) is 0 Å². The van der Waals surface area contributed by atoms with Gasteiger partial charge >= 0.3 is 0 Å². The first-order valence-corrected chi connectivity index (χ1v) is 3.15. The average molecular weight is 131 g/mol. The summed E-state index contributed by atoms with van der Waals surface area (Å²) < 4.78 is 14.5. The summed E-state index contributed by atoms with van der Waals surface area (Å²) in [4.78, 5) is 0. The summed E-state index contributed by atoms with van der Waals surface area (Å²) in [5.41, 5.74) is 0.637. The Morgan fingerprint density at radius 2 is 2.62 bits per heavy atom. The molecule has 0 fully saturated rings. The van der Waals surface area contributed by atoms with Crippen LogP contribution < -0.4 is 4.72 Å². The summed E-state index contributed by atoms with van der Waals surface area (Å²) in [6.07, 6.45) is 3.53. The Balaban J connectivity index is 2.50. The number of nitrogens with one attached hydrogen (secondary N) is 1. The molecule has 1 rings (SSSR count). The van der Waals surface area contributed by atoms with E-state index >= 15 is 0 Å². The molecule has 0 radical (unpaired) electrons. The standard InChI is InChI=1S/C5H6FNS/c6-4-5-2-1-3-8-7-5/h1-3,7H,4H2. The Morgan fingerprint density at radius 3 is 3.00 bits per heavy atom. The van der Waals surface area contributed by atoms with Gasteiger partial charge < -0.3 is 4.72 Å². The monoisotopic (exact) mass is 131 g/mol. The molecule has 0 aromatic rings. The number of alkyl halides is 1.